The van der Waals surface area contributed by atoms with Crippen molar-refractivity contribution in [2.75, 3.05) is 6.54 Å². The van der Waals surface area contributed by atoms with E-state index in [9.17, 15) is 0 Å². The van der Waals surface area contributed by atoms with E-state index in [1.54, 1.807) is 6.20 Å². The average molecular weight is 137 g/mol. The van der Waals surface area contributed by atoms with Crippen molar-refractivity contribution in [1.29, 1.82) is 0 Å². The molecule has 1 atom stereocenters. The van der Waals surface area contributed by atoms with Crippen molar-refractivity contribution in [3.05, 3.63) is 16.9 Å². The van der Waals surface area contributed by atoms with Crippen molar-refractivity contribution < 1.29 is 1.43 Å². The lowest BCUT2D eigenvalue weighted by Gasteiger charge is -2.02. The van der Waals surface area contributed by atoms with Gasteiger partial charge in [0.1, 0.15) is 5.36 Å². The van der Waals surface area contributed by atoms with Crippen LogP contribution in [0.4, 0.5) is 0 Å². The third-order valence-corrected chi connectivity index (χ3v) is 1.65. The van der Waals surface area contributed by atoms with Crippen LogP contribution in [0.25, 0.3) is 6.08 Å². The molecule has 0 aromatic carbocycles. The van der Waals surface area contributed by atoms with Crippen LogP contribution in [0.3, 0.4) is 0 Å². The predicted molar refractivity (Wildman–Crippen MR) is 40.0 cm³/mol. The summed E-state index contributed by atoms with van der Waals surface area (Å²) < 4.78 is 0. The molecule has 0 amide bonds. The SMILES string of the molecule is CC1C=c2[nH]ncc2=NC1.[HH]. The van der Waals surface area contributed by atoms with Gasteiger partial charge in [-0.25, -0.2) is 0 Å². The maximum Gasteiger partial charge on any atom is 0.102 e. The number of aromatic nitrogens is 2. The van der Waals surface area contributed by atoms with E-state index in [-0.39, 0.29) is 1.43 Å². The number of aromatic amines is 1. The van der Waals surface area contributed by atoms with Crippen LogP contribution in [0, 0.1) is 5.92 Å². The van der Waals surface area contributed by atoms with Crippen molar-refractivity contribution in [2.45, 2.75) is 6.92 Å². The molecule has 1 unspecified atom stereocenters. The van der Waals surface area contributed by atoms with Crippen LogP contribution in [-0.2, 0) is 0 Å². The van der Waals surface area contributed by atoms with E-state index in [1.165, 1.54) is 0 Å². The van der Waals surface area contributed by atoms with Crippen LogP contribution in [0.2, 0.25) is 0 Å². The van der Waals surface area contributed by atoms with Gasteiger partial charge in [0.05, 0.1) is 11.5 Å². The molecular formula is C7H11N3. The molecule has 0 fully saturated rings. The summed E-state index contributed by atoms with van der Waals surface area (Å²) >= 11 is 0. The van der Waals surface area contributed by atoms with Crippen LogP contribution in [0.15, 0.2) is 11.2 Å². The van der Waals surface area contributed by atoms with Gasteiger partial charge >= 0.3 is 0 Å². The number of fused-ring (bicyclic) bond motifs is 1. The molecule has 2 rings (SSSR count). The Morgan fingerprint density at radius 3 is 3.60 bits per heavy atom. The minimum absolute atomic E-state index is 0. The normalized spacial score (nSPS) is 22.7. The van der Waals surface area contributed by atoms with E-state index >= 15 is 0 Å². The highest BCUT2D eigenvalue weighted by molar-refractivity contribution is 5.23. The van der Waals surface area contributed by atoms with Crippen molar-refractivity contribution in [3.8, 4) is 0 Å². The molecule has 10 heavy (non-hydrogen) atoms. The number of rotatable bonds is 0. The second-order valence-corrected chi connectivity index (χ2v) is 2.65. The number of nitrogens with one attached hydrogen (secondary N) is 1. The van der Waals surface area contributed by atoms with Crippen LogP contribution >= 0.6 is 0 Å². The average Bonchev–Trinajstić information content (AvgIpc) is 2.33. The lowest BCUT2D eigenvalue weighted by molar-refractivity contribution is 0.744. The lowest BCUT2D eigenvalue weighted by atomic mass is 10.1. The van der Waals surface area contributed by atoms with E-state index in [0.717, 1.165) is 17.3 Å². The van der Waals surface area contributed by atoms with Gasteiger partial charge in [0.25, 0.3) is 0 Å². The fourth-order valence-electron chi connectivity index (χ4n) is 1.12. The van der Waals surface area contributed by atoms with Crippen molar-refractivity contribution in [3.63, 3.8) is 0 Å². The largest absolute Gasteiger partial charge is 0.281 e. The standard InChI is InChI=1S/C7H9N3.H2/c1-5-2-6-7(8-3-5)4-9-10-6;/h2,4-5,10H,3H2,1H3;1H. The summed E-state index contributed by atoms with van der Waals surface area (Å²) in [6.07, 6.45) is 3.92. The summed E-state index contributed by atoms with van der Waals surface area (Å²) in [5.74, 6) is 0.549. The molecule has 0 saturated heterocycles. The van der Waals surface area contributed by atoms with E-state index in [2.05, 4.69) is 28.2 Å². The quantitative estimate of drug-likeness (QED) is 0.524. The van der Waals surface area contributed by atoms with Gasteiger partial charge in [-0.1, -0.05) is 13.0 Å². The molecule has 54 valence electrons. The number of hydrogen-bond donors (Lipinski definition) is 1. The maximum absolute atomic E-state index is 4.31. The number of nitrogens with zero attached hydrogens (tertiary/aromatic N) is 2. The van der Waals surface area contributed by atoms with E-state index < -0.39 is 0 Å². The summed E-state index contributed by atoms with van der Waals surface area (Å²) in [5, 5.41) is 8.84. The summed E-state index contributed by atoms with van der Waals surface area (Å²) in [6, 6.07) is 0. The highest BCUT2D eigenvalue weighted by atomic mass is 15.1. The fraction of sp³-hybridized carbons (Fsp3) is 0.429. The molecule has 1 N–H and O–H groups in total. The Hall–Kier alpha value is -1.12. The third-order valence-electron chi connectivity index (χ3n) is 1.65. The molecule has 0 spiro atoms. The highest BCUT2D eigenvalue weighted by Gasteiger charge is 2.01. The first-order valence-electron chi connectivity index (χ1n) is 3.42. The predicted octanol–water partition coefficient (Wildman–Crippen LogP) is -0.294. The van der Waals surface area contributed by atoms with Crippen LogP contribution in [0.1, 0.15) is 8.35 Å². The summed E-state index contributed by atoms with van der Waals surface area (Å²) in [7, 11) is 0. The Kier molecular flexibility index (Phi) is 1.09. The molecule has 0 radical (unpaired) electrons. The van der Waals surface area contributed by atoms with Gasteiger partial charge in [0.2, 0.25) is 0 Å². The smallest absolute Gasteiger partial charge is 0.102 e. The molecule has 0 bridgehead atoms. The first-order chi connectivity index (χ1) is 4.86. The zero-order valence-corrected chi connectivity index (χ0v) is 5.83. The first-order valence-corrected chi connectivity index (χ1v) is 3.42. The molecular weight excluding hydrogens is 126 g/mol. The summed E-state index contributed by atoms with van der Waals surface area (Å²) in [4.78, 5) is 4.31. The zero-order chi connectivity index (χ0) is 6.97. The van der Waals surface area contributed by atoms with E-state index in [4.69, 9.17) is 0 Å². The van der Waals surface area contributed by atoms with Gasteiger partial charge in [-0.3, -0.25) is 10.1 Å². The molecule has 0 saturated carbocycles. The molecule has 1 aliphatic rings. The Morgan fingerprint density at radius 1 is 1.80 bits per heavy atom. The van der Waals surface area contributed by atoms with Gasteiger partial charge in [0.15, 0.2) is 0 Å². The highest BCUT2D eigenvalue weighted by Crippen LogP contribution is 1.96. The molecule has 3 heteroatoms. The second kappa shape index (κ2) is 1.94. The molecule has 3 nitrogen and oxygen atoms in total. The molecule has 1 aliphatic heterocycles. The molecule has 0 aliphatic carbocycles. The number of H-pyrrole nitrogens is 1. The third kappa shape index (κ3) is 0.744. The Morgan fingerprint density at radius 2 is 2.70 bits per heavy atom. The fourth-order valence-corrected chi connectivity index (χ4v) is 1.12. The summed E-state index contributed by atoms with van der Waals surface area (Å²) in [6.45, 7) is 3.04. The van der Waals surface area contributed by atoms with Crippen LogP contribution in [0.5, 0.6) is 0 Å². The van der Waals surface area contributed by atoms with Crippen molar-refractivity contribution >= 4 is 6.08 Å². The minimum atomic E-state index is 0. The molecule has 1 aromatic heterocycles. The zero-order valence-electron chi connectivity index (χ0n) is 5.83. The van der Waals surface area contributed by atoms with Crippen LogP contribution in [-0.4, -0.2) is 16.7 Å². The lowest BCUT2D eigenvalue weighted by Crippen LogP contribution is -2.28. The topological polar surface area (TPSA) is 41.0 Å². The molecule has 2 heterocycles. The Bertz CT molecular complexity index is 341. The Labute approximate surface area is 60.0 Å². The first kappa shape index (κ1) is 5.65. The Balaban J connectivity index is 0.000000605. The van der Waals surface area contributed by atoms with E-state index in [1.807, 2.05) is 0 Å². The van der Waals surface area contributed by atoms with Crippen molar-refractivity contribution in [2.24, 2.45) is 10.9 Å². The van der Waals surface area contributed by atoms with Crippen molar-refractivity contribution in [1.82, 2.24) is 10.2 Å². The second-order valence-electron chi connectivity index (χ2n) is 2.65. The number of hydrogen-bond acceptors (Lipinski definition) is 2. The van der Waals surface area contributed by atoms with Gasteiger partial charge in [-0.15, -0.1) is 0 Å². The van der Waals surface area contributed by atoms with E-state index in [0.29, 0.717) is 5.92 Å². The minimum Gasteiger partial charge on any atom is -0.281 e. The monoisotopic (exact) mass is 137 g/mol. The van der Waals surface area contributed by atoms with Gasteiger partial charge < -0.3 is 0 Å². The summed E-state index contributed by atoms with van der Waals surface area (Å²) in [5.41, 5.74) is 0. The maximum atomic E-state index is 4.31. The van der Waals surface area contributed by atoms with Gasteiger partial charge in [-0.05, 0) is 5.92 Å². The van der Waals surface area contributed by atoms with Gasteiger partial charge in [-0.2, -0.15) is 5.10 Å². The molecule has 1 aromatic rings. The van der Waals surface area contributed by atoms with Crippen LogP contribution < -0.4 is 10.7 Å². The van der Waals surface area contributed by atoms with Gasteiger partial charge in [0, 0.05) is 7.97 Å².